The molecule has 4 aromatic rings. The number of hydrogen-bond donors (Lipinski definition) is 2. The number of unbranched alkanes of at least 4 members (excludes halogenated alkanes) is 1. The fourth-order valence-corrected chi connectivity index (χ4v) is 4.54. The predicted octanol–water partition coefficient (Wildman–Crippen LogP) is 3.99. The monoisotopic (exact) mass is 542 g/mol. The quantitative estimate of drug-likeness (QED) is 0.306. The number of pyridine rings is 1. The first-order chi connectivity index (χ1) is 16.7. The number of nitrogens with two attached hydrogens (primary N) is 1. The number of rotatable bonds is 9. The van der Waals surface area contributed by atoms with Gasteiger partial charge in [0.05, 0.1) is 40.5 Å². The van der Waals surface area contributed by atoms with E-state index in [0.29, 0.717) is 24.0 Å². The summed E-state index contributed by atoms with van der Waals surface area (Å²) in [6.45, 7) is 2.54. The van der Waals surface area contributed by atoms with Crippen molar-refractivity contribution in [1.82, 2.24) is 23.9 Å². The van der Waals surface area contributed by atoms with E-state index in [0.717, 1.165) is 34.8 Å². The van der Waals surface area contributed by atoms with Gasteiger partial charge in [-0.15, -0.1) is 0 Å². The highest BCUT2D eigenvalue weighted by Crippen LogP contribution is 2.30. The molecule has 184 valence electrons. The molecule has 0 radical (unpaired) electrons. The van der Waals surface area contributed by atoms with Crippen LogP contribution in [0.2, 0.25) is 0 Å². The molecule has 0 spiro atoms. The molecule has 4 rings (SSSR count). The normalized spacial score (nSPS) is 12.2. The third-order valence-corrected chi connectivity index (χ3v) is 6.47. The van der Waals surface area contributed by atoms with Gasteiger partial charge in [-0.25, -0.2) is 14.5 Å². The minimum absolute atomic E-state index is 0.0178. The van der Waals surface area contributed by atoms with E-state index in [2.05, 4.69) is 32.9 Å². The first-order valence-electron chi connectivity index (χ1n) is 11.2. The van der Waals surface area contributed by atoms with Gasteiger partial charge in [0.15, 0.2) is 0 Å². The van der Waals surface area contributed by atoms with Crippen molar-refractivity contribution in [3.63, 3.8) is 0 Å². The van der Waals surface area contributed by atoms with E-state index in [4.69, 9.17) is 10.5 Å². The number of carboxylic acids is 1. The highest BCUT2D eigenvalue weighted by molar-refractivity contribution is 9.10. The summed E-state index contributed by atoms with van der Waals surface area (Å²) in [5.74, 6) is -0.195. The van der Waals surface area contributed by atoms with Crippen molar-refractivity contribution < 1.29 is 14.6 Å². The van der Waals surface area contributed by atoms with Crippen molar-refractivity contribution in [3.05, 3.63) is 57.0 Å². The van der Waals surface area contributed by atoms with E-state index in [9.17, 15) is 14.7 Å². The van der Waals surface area contributed by atoms with Crippen LogP contribution in [0.5, 0.6) is 5.88 Å². The number of aryl methyl sites for hydroxylation is 2. The highest BCUT2D eigenvalue weighted by Gasteiger charge is 2.19. The molecule has 0 fully saturated rings. The van der Waals surface area contributed by atoms with Crippen LogP contribution in [0.3, 0.4) is 0 Å². The molecule has 3 N–H and O–H groups in total. The molecule has 3 heterocycles. The SMILES string of the molecule is CC(CCCCOc1c(-c2cc(C(=O)O)cn(C)c2=O)cnn1C)n1c(N)nc2ccc(Br)cc21. The van der Waals surface area contributed by atoms with Crippen molar-refractivity contribution >= 4 is 38.9 Å². The highest BCUT2D eigenvalue weighted by atomic mass is 79.9. The van der Waals surface area contributed by atoms with E-state index in [-0.39, 0.29) is 22.7 Å². The molecule has 3 aromatic heterocycles. The third-order valence-electron chi connectivity index (χ3n) is 5.98. The molecule has 35 heavy (non-hydrogen) atoms. The second-order valence-corrected chi connectivity index (χ2v) is 9.43. The van der Waals surface area contributed by atoms with Crippen LogP contribution in [0.15, 0.2) is 45.9 Å². The van der Waals surface area contributed by atoms with Crippen molar-refractivity contribution in [2.45, 2.75) is 32.2 Å². The summed E-state index contributed by atoms with van der Waals surface area (Å²) in [5, 5.41) is 13.6. The number of aromatic carboxylic acids is 1. The number of carbonyl (C=O) groups is 1. The molecule has 0 aliphatic heterocycles. The van der Waals surface area contributed by atoms with Gasteiger partial charge in [-0.3, -0.25) is 4.79 Å². The van der Waals surface area contributed by atoms with Gasteiger partial charge < -0.3 is 24.7 Å². The Kier molecular flexibility index (Phi) is 6.97. The molecule has 0 bridgehead atoms. The summed E-state index contributed by atoms with van der Waals surface area (Å²) in [7, 11) is 3.24. The van der Waals surface area contributed by atoms with Crippen molar-refractivity contribution in [1.29, 1.82) is 0 Å². The van der Waals surface area contributed by atoms with Gasteiger partial charge in [-0.1, -0.05) is 15.9 Å². The lowest BCUT2D eigenvalue weighted by Crippen LogP contribution is -2.20. The van der Waals surface area contributed by atoms with E-state index in [1.165, 1.54) is 30.1 Å². The van der Waals surface area contributed by atoms with E-state index in [1.54, 1.807) is 11.7 Å². The maximum Gasteiger partial charge on any atom is 0.337 e. The molecule has 0 amide bonds. The van der Waals surface area contributed by atoms with Crippen LogP contribution in [0.25, 0.3) is 22.2 Å². The second kappa shape index (κ2) is 9.95. The lowest BCUT2D eigenvalue weighted by atomic mass is 10.1. The average molecular weight is 543 g/mol. The van der Waals surface area contributed by atoms with E-state index in [1.807, 2.05) is 22.8 Å². The van der Waals surface area contributed by atoms with Crippen LogP contribution in [-0.4, -0.2) is 41.6 Å². The molecule has 1 atom stereocenters. The predicted molar refractivity (Wildman–Crippen MR) is 137 cm³/mol. The summed E-state index contributed by atoms with van der Waals surface area (Å²) in [6.07, 6.45) is 5.35. The summed E-state index contributed by atoms with van der Waals surface area (Å²) in [4.78, 5) is 28.6. The number of imidazole rings is 1. The van der Waals surface area contributed by atoms with Crippen molar-refractivity contribution in [2.75, 3.05) is 12.3 Å². The van der Waals surface area contributed by atoms with Crippen LogP contribution in [0, 0.1) is 0 Å². The lowest BCUT2D eigenvalue weighted by Gasteiger charge is -2.16. The molecule has 0 saturated carbocycles. The standard InChI is InChI=1S/C24H27BrN6O4/c1-14(31-20-11-16(25)7-8-19(20)28-24(31)26)6-4-5-9-35-22-18(12-27-30(22)3)17-10-15(23(33)34)13-29(2)21(17)32/h7-8,10-14H,4-6,9H2,1-3H3,(H2,26,28)(H,33,34). The maximum atomic E-state index is 12.7. The number of anilines is 1. The number of ether oxygens (including phenoxy) is 1. The summed E-state index contributed by atoms with van der Waals surface area (Å²) in [6, 6.07) is 7.42. The lowest BCUT2D eigenvalue weighted by molar-refractivity contribution is 0.0696. The Bertz CT molecular complexity index is 1450. The van der Waals surface area contributed by atoms with Crippen molar-refractivity contribution in [3.8, 4) is 17.0 Å². The molecule has 0 aliphatic carbocycles. The van der Waals surface area contributed by atoms with Gasteiger partial charge >= 0.3 is 5.97 Å². The maximum absolute atomic E-state index is 12.7. The minimum Gasteiger partial charge on any atom is -0.478 e. The molecular formula is C24H27BrN6O4. The van der Waals surface area contributed by atoms with Crippen LogP contribution < -0.4 is 16.0 Å². The Morgan fingerprint density at radius 2 is 2.00 bits per heavy atom. The summed E-state index contributed by atoms with van der Waals surface area (Å²) >= 11 is 3.51. The van der Waals surface area contributed by atoms with Gasteiger partial charge in [0, 0.05) is 30.8 Å². The van der Waals surface area contributed by atoms with Crippen molar-refractivity contribution in [2.24, 2.45) is 14.1 Å². The molecule has 1 aromatic carbocycles. The molecule has 11 heteroatoms. The average Bonchev–Trinajstić information content (AvgIpc) is 3.33. The summed E-state index contributed by atoms with van der Waals surface area (Å²) < 4.78 is 11.8. The zero-order valence-corrected chi connectivity index (χ0v) is 21.3. The Morgan fingerprint density at radius 1 is 1.23 bits per heavy atom. The fraction of sp³-hybridized carbons (Fsp3) is 0.333. The van der Waals surface area contributed by atoms with E-state index < -0.39 is 5.97 Å². The third kappa shape index (κ3) is 4.95. The first kappa shape index (κ1) is 24.5. The van der Waals surface area contributed by atoms with Crippen LogP contribution >= 0.6 is 15.9 Å². The molecule has 1 unspecified atom stereocenters. The number of nitrogens with zero attached hydrogens (tertiary/aromatic N) is 5. The molecular weight excluding hydrogens is 516 g/mol. The second-order valence-electron chi connectivity index (χ2n) is 8.52. The van der Waals surface area contributed by atoms with Crippen LogP contribution in [0.1, 0.15) is 42.6 Å². The number of aromatic nitrogens is 5. The van der Waals surface area contributed by atoms with Gasteiger partial charge in [0.1, 0.15) is 0 Å². The number of nitrogen functional groups attached to an aromatic ring is 1. The van der Waals surface area contributed by atoms with Gasteiger partial charge in [0.2, 0.25) is 11.8 Å². The molecule has 0 aliphatic rings. The minimum atomic E-state index is -1.11. The Labute approximate surface area is 210 Å². The van der Waals surface area contributed by atoms with Crippen LogP contribution in [-0.2, 0) is 14.1 Å². The fourth-order valence-electron chi connectivity index (χ4n) is 4.19. The van der Waals surface area contributed by atoms with E-state index >= 15 is 0 Å². The number of halogens is 1. The van der Waals surface area contributed by atoms with Gasteiger partial charge in [-0.2, -0.15) is 5.10 Å². The number of benzene rings is 1. The Hall–Kier alpha value is -3.60. The Morgan fingerprint density at radius 3 is 2.74 bits per heavy atom. The Balaban J connectivity index is 1.42. The molecule has 0 saturated heterocycles. The zero-order valence-electron chi connectivity index (χ0n) is 19.7. The largest absolute Gasteiger partial charge is 0.478 e. The number of fused-ring (bicyclic) bond motifs is 1. The first-order valence-corrected chi connectivity index (χ1v) is 12.0. The van der Waals surface area contributed by atoms with Crippen LogP contribution in [0.4, 0.5) is 5.95 Å². The topological polar surface area (TPSA) is 130 Å². The smallest absolute Gasteiger partial charge is 0.337 e. The number of carboxylic acid groups (broad SMARTS) is 1. The zero-order chi connectivity index (χ0) is 25.3. The van der Waals surface area contributed by atoms with Gasteiger partial charge in [-0.05, 0) is 50.5 Å². The van der Waals surface area contributed by atoms with Gasteiger partial charge in [0.25, 0.3) is 5.56 Å². The molecule has 10 nitrogen and oxygen atoms in total. The summed E-state index contributed by atoms with van der Waals surface area (Å²) in [5.41, 5.74) is 8.43. The number of hydrogen-bond acceptors (Lipinski definition) is 6.